The van der Waals surface area contributed by atoms with Crippen LogP contribution < -0.4 is 5.73 Å². The maximum absolute atomic E-state index is 5.74. The summed E-state index contributed by atoms with van der Waals surface area (Å²) in [6.07, 6.45) is 5.50. The van der Waals surface area contributed by atoms with Crippen LogP contribution in [0, 0.1) is 0 Å². The van der Waals surface area contributed by atoms with Crippen molar-refractivity contribution in [1.82, 2.24) is 4.98 Å². The molecule has 1 fully saturated rings. The summed E-state index contributed by atoms with van der Waals surface area (Å²) in [5.74, 6) is 2.47. The molecule has 0 aromatic carbocycles. The van der Waals surface area contributed by atoms with Crippen molar-refractivity contribution in [1.29, 1.82) is 0 Å². The highest BCUT2D eigenvalue weighted by Gasteiger charge is 2.34. The smallest absolute Gasteiger partial charge is 0.0474 e. The lowest BCUT2D eigenvalue weighted by Gasteiger charge is -2.36. The maximum Gasteiger partial charge on any atom is 0.0474 e. The Balaban J connectivity index is 2.25. The van der Waals surface area contributed by atoms with Crippen molar-refractivity contribution in [3.05, 3.63) is 30.1 Å². The first-order chi connectivity index (χ1) is 7.37. The number of hydrogen-bond donors (Lipinski definition) is 1. The number of thioether (sulfide) groups is 1. The minimum absolute atomic E-state index is 0.249. The van der Waals surface area contributed by atoms with Gasteiger partial charge < -0.3 is 5.73 Å². The van der Waals surface area contributed by atoms with Crippen LogP contribution in [0.1, 0.15) is 25.0 Å². The summed E-state index contributed by atoms with van der Waals surface area (Å²) < 4.78 is 0. The minimum atomic E-state index is 0.249. The second-order valence-corrected chi connectivity index (χ2v) is 5.30. The average Bonchev–Trinajstić information content (AvgIpc) is 2.32. The van der Waals surface area contributed by atoms with E-state index < -0.39 is 0 Å². The fourth-order valence-corrected chi connectivity index (χ4v) is 3.65. The molecule has 0 bridgehead atoms. The third-order valence-electron chi connectivity index (χ3n) is 3.15. The zero-order chi connectivity index (χ0) is 10.6. The minimum Gasteiger partial charge on any atom is -0.330 e. The van der Waals surface area contributed by atoms with E-state index in [0.29, 0.717) is 0 Å². The van der Waals surface area contributed by atoms with Crippen molar-refractivity contribution in [2.24, 2.45) is 5.73 Å². The van der Waals surface area contributed by atoms with Gasteiger partial charge in [0.1, 0.15) is 0 Å². The molecule has 0 aliphatic carbocycles. The van der Waals surface area contributed by atoms with Gasteiger partial charge in [-0.3, -0.25) is 4.98 Å². The lowest BCUT2D eigenvalue weighted by Crippen LogP contribution is -2.35. The van der Waals surface area contributed by atoms with E-state index >= 15 is 0 Å². The fraction of sp³-hybridized carbons (Fsp3) is 0.583. The van der Waals surface area contributed by atoms with Gasteiger partial charge in [-0.1, -0.05) is 6.07 Å². The SMILES string of the molecule is NCCC1(c2ccccn2)CCCSC1. The number of pyridine rings is 1. The number of rotatable bonds is 3. The Morgan fingerprint density at radius 1 is 1.47 bits per heavy atom. The summed E-state index contributed by atoms with van der Waals surface area (Å²) >= 11 is 2.04. The van der Waals surface area contributed by atoms with Crippen molar-refractivity contribution in [3.8, 4) is 0 Å². The highest BCUT2D eigenvalue weighted by atomic mass is 32.2. The Labute approximate surface area is 95.7 Å². The summed E-state index contributed by atoms with van der Waals surface area (Å²) in [4.78, 5) is 4.52. The van der Waals surface area contributed by atoms with Gasteiger partial charge in [0, 0.05) is 23.1 Å². The van der Waals surface area contributed by atoms with E-state index in [9.17, 15) is 0 Å². The third-order valence-corrected chi connectivity index (χ3v) is 4.49. The van der Waals surface area contributed by atoms with Gasteiger partial charge in [-0.2, -0.15) is 11.8 Å². The predicted octanol–water partition coefficient (Wildman–Crippen LogP) is 2.20. The Kier molecular flexibility index (Phi) is 3.65. The van der Waals surface area contributed by atoms with Crippen molar-refractivity contribution >= 4 is 11.8 Å². The molecule has 82 valence electrons. The molecule has 0 spiro atoms. The fourth-order valence-electron chi connectivity index (χ4n) is 2.33. The van der Waals surface area contributed by atoms with Crippen molar-refractivity contribution in [2.75, 3.05) is 18.1 Å². The van der Waals surface area contributed by atoms with Crippen LogP contribution in [0.3, 0.4) is 0 Å². The van der Waals surface area contributed by atoms with E-state index in [0.717, 1.165) is 13.0 Å². The van der Waals surface area contributed by atoms with Crippen LogP contribution in [0.2, 0.25) is 0 Å². The molecular weight excluding hydrogens is 204 g/mol. The average molecular weight is 222 g/mol. The molecule has 0 saturated carbocycles. The second kappa shape index (κ2) is 4.99. The molecule has 15 heavy (non-hydrogen) atoms. The first-order valence-electron chi connectivity index (χ1n) is 5.57. The molecule has 2 N–H and O–H groups in total. The van der Waals surface area contributed by atoms with Gasteiger partial charge in [0.25, 0.3) is 0 Å². The highest BCUT2D eigenvalue weighted by molar-refractivity contribution is 7.99. The van der Waals surface area contributed by atoms with Crippen LogP contribution in [0.15, 0.2) is 24.4 Å². The van der Waals surface area contributed by atoms with Crippen LogP contribution in [-0.2, 0) is 5.41 Å². The number of nitrogens with zero attached hydrogens (tertiary/aromatic N) is 1. The molecule has 0 amide bonds. The van der Waals surface area contributed by atoms with Crippen molar-refractivity contribution in [2.45, 2.75) is 24.7 Å². The Morgan fingerprint density at radius 3 is 3.00 bits per heavy atom. The maximum atomic E-state index is 5.74. The molecule has 1 aromatic heterocycles. The molecule has 1 aliphatic heterocycles. The van der Waals surface area contributed by atoms with Crippen LogP contribution >= 0.6 is 11.8 Å². The van der Waals surface area contributed by atoms with Crippen LogP contribution in [-0.4, -0.2) is 23.0 Å². The van der Waals surface area contributed by atoms with Gasteiger partial charge in [0.15, 0.2) is 0 Å². The summed E-state index contributed by atoms with van der Waals surface area (Å²) in [5.41, 5.74) is 7.23. The summed E-state index contributed by atoms with van der Waals surface area (Å²) in [7, 11) is 0. The van der Waals surface area contributed by atoms with Crippen LogP contribution in [0.4, 0.5) is 0 Å². The molecular formula is C12H18N2S. The molecule has 2 nitrogen and oxygen atoms in total. The van der Waals surface area contributed by atoms with Gasteiger partial charge >= 0.3 is 0 Å². The molecule has 1 aromatic rings. The van der Waals surface area contributed by atoms with Crippen molar-refractivity contribution < 1.29 is 0 Å². The largest absolute Gasteiger partial charge is 0.330 e. The molecule has 1 unspecified atom stereocenters. The molecule has 2 rings (SSSR count). The monoisotopic (exact) mass is 222 g/mol. The van der Waals surface area contributed by atoms with E-state index in [-0.39, 0.29) is 5.41 Å². The zero-order valence-corrected chi connectivity index (χ0v) is 9.80. The molecule has 0 radical (unpaired) electrons. The lowest BCUT2D eigenvalue weighted by molar-refractivity contribution is 0.392. The first-order valence-corrected chi connectivity index (χ1v) is 6.72. The van der Waals surface area contributed by atoms with Gasteiger partial charge in [-0.15, -0.1) is 0 Å². The quantitative estimate of drug-likeness (QED) is 0.852. The Morgan fingerprint density at radius 2 is 2.40 bits per heavy atom. The number of nitrogens with two attached hydrogens (primary N) is 1. The number of hydrogen-bond acceptors (Lipinski definition) is 3. The molecule has 1 aliphatic rings. The predicted molar refractivity (Wildman–Crippen MR) is 66.1 cm³/mol. The molecule has 1 atom stereocenters. The van der Waals surface area contributed by atoms with Gasteiger partial charge in [0.2, 0.25) is 0 Å². The van der Waals surface area contributed by atoms with E-state index in [4.69, 9.17) is 5.73 Å². The molecule has 2 heterocycles. The van der Waals surface area contributed by atoms with Gasteiger partial charge in [0.05, 0.1) is 0 Å². The normalized spacial score (nSPS) is 26.5. The lowest BCUT2D eigenvalue weighted by atomic mass is 9.78. The van der Waals surface area contributed by atoms with E-state index in [1.807, 2.05) is 24.0 Å². The third kappa shape index (κ3) is 2.34. The summed E-state index contributed by atoms with van der Waals surface area (Å²) in [6.45, 7) is 0.761. The zero-order valence-electron chi connectivity index (χ0n) is 8.98. The topological polar surface area (TPSA) is 38.9 Å². The standard InChI is InChI=1S/C12H18N2S/c13-7-6-12(5-3-9-15-10-12)11-4-1-2-8-14-11/h1-2,4,8H,3,5-7,9-10,13H2. The van der Waals surface area contributed by atoms with Crippen LogP contribution in [0.5, 0.6) is 0 Å². The number of aromatic nitrogens is 1. The highest BCUT2D eigenvalue weighted by Crippen LogP contribution is 2.39. The molecule has 3 heteroatoms. The Bertz CT molecular complexity index is 288. The van der Waals surface area contributed by atoms with E-state index in [2.05, 4.69) is 17.1 Å². The Hall–Kier alpha value is -0.540. The molecule has 1 saturated heterocycles. The summed E-state index contributed by atoms with van der Waals surface area (Å²) in [6, 6.07) is 6.22. The van der Waals surface area contributed by atoms with E-state index in [1.165, 1.54) is 30.0 Å². The first kappa shape index (κ1) is 11.0. The second-order valence-electron chi connectivity index (χ2n) is 4.19. The van der Waals surface area contributed by atoms with Crippen LogP contribution in [0.25, 0.3) is 0 Å². The van der Waals surface area contributed by atoms with Crippen molar-refractivity contribution in [3.63, 3.8) is 0 Å². The van der Waals surface area contributed by atoms with Gasteiger partial charge in [-0.05, 0) is 43.7 Å². The van der Waals surface area contributed by atoms with E-state index in [1.54, 1.807) is 0 Å². The van der Waals surface area contributed by atoms with Gasteiger partial charge in [-0.25, -0.2) is 0 Å². The summed E-state index contributed by atoms with van der Waals surface area (Å²) in [5, 5.41) is 0.